The van der Waals surface area contributed by atoms with Gasteiger partial charge in [-0.15, -0.1) is 0 Å². The quantitative estimate of drug-likeness (QED) is 0.125. The highest BCUT2D eigenvalue weighted by molar-refractivity contribution is 8.40. The molecule has 4 aromatic rings. The van der Waals surface area contributed by atoms with Gasteiger partial charge in [0, 0.05) is 15.1 Å². The van der Waals surface area contributed by atoms with Crippen LogP contribution in [0.25, 0.3) is 0 Å². The second-order valence-electron chi connectivity index (χ2n) is 8.15. The van der Waals surface area contributed by atoms with E-state index in [0.717, 1.165) is 12.3 Å². The van der Waals surface area contributed by atoms with Crippen molar-refractivity contribution in [2.75, 3.05) is 12.3 Å². The van der Waals surface area contributed by atoms with Crippen molar-refractivity contribution in [1.82, 2.24) is 0 Å². The molecule has 0 saturated carbocycles. The summed E-state index contributed by atoms with van der Waals surface area (Å²) in [6.07, 6.45) is 1.88. The van der Waals surface area contributed by atoms with Crippen molar-refractivity contribution < 1.29 is 0 Å². The molecule has 0 radical (unpaired) electrons. The molecule has 0 unspecified atom stereocenters. The average molecular weight is 581 g/mol. The topological polar surface area (TPSA) is 0 Å². The Bertz CT molecular complexity index is 1060. The van der Waals surface area contributed by atoms with Crippen molar-refractivity contribution in [1.29, 1.82) is 0 Å². The summed E-state index contributed by atoms with van der Waals surface area (Å²) in [4.78, 5) is 0. The highest BCUT2D eigenvalue weighted by atomic mass is 32.2. The second-order valence-corrected chi connectivity index (χ2v) is 19.0. The molecule has 0 N–H and O–H groups in total. The van der Waals surface area contributed by atoms with E-state index in [0.29, 0.717) is 7.88 Å². The number of hydrogen-bond acceptors (Lipinski definition) is 4. The minimum absolute atomic E-state index is 0.627. The summed E-state index contributed by atoms with van der Waals surface area (Å²) >= 11 is 20.1. The van der Waals surface area contributed by atoms with Crippen molar-refractivity contribution in [3.8, 4) is 0 Å². The highest BCUT2D eigenvalue weighted by Crippen LogP contribution is 2.60. The fourth-order valence-corrected chi connectivity index (χ4v) is 15.1. The van der Waals surface area contributed by atoms with Gasteiger partial charge in [0.1, 0.15) is 28.5 Å². The zero-order valence-electron chi connectivity index (χ0n) is 20.5. The SMILES string of the molecule is CC[P+](CC)(C(=S)[S-])C(=S)[S-].c1ccc([P+](c2ccccc2)(c2ccccc2)c2ccccc2)cc1. The molecule has 0 bridgehead atoms. The first-order valence-corrected chi connectivity index (χ1v) is 17.4. The Morgan fingerprint density at radius 2 is 0.722 bits per heavy atom. The number of hydrogen-bond donors (Lipinski definition) is 0. The number of thiocarbonyl (C=S) groups is 2. The molecule has 0 saturated heterocycles. The van der Waals surface area contributed by atoms with E-state index in [9.17, 15) is 0 Å². The van der Waals surface area contributed by atoms with Gasteiger partial charge in [-0.3, -0.25) is 0 Å². The molecule has 6 heteroatoms. The molecular weight excluding hydrogens is 551 g/mol. The Balaban J connectivity index is 0.000000280. The predicted molar refractivity (Wildman–Crippen MR) is 179 cm³/mol. The van der Waals surface area contributed by atoms with E-state index in [1.54, 1.807) is 0 Å². The van der Waals surface area contributed by atoms with Crippen LogP contribution >= 0.6 is 39.0 Å². The lowest BCUT2D eigenvalue weighted by Crippen LogP contribution is -2.38. The normalized spacial score (nSPS) is 11.2. The molecule has 4 aromatic carbocycles. The van der Waals surface area contributed by atoms with E-state index in [-0.39, 0.29) is 0 Å². The standard InChI is InChI=1S/C24H20P.C6H11PS4/c1-5-13-21(14-6-1)25(22-15-7-2-8-16-22,23-17-9-3-10-18-23)24-19-11-4-12-20-24;1-3-7(4-2,5(8)9)6(10)11/h1-20H;3-4H2,1-2H3,(H-,8,9,10,11)/q+1;/p-1. The molecule has 0 aromatic heterocycles. The second kappa shape index (κ2) is 13.8. The fraction of sp³-hybridized carbons (Fsp3) is 0.133. The van der Waals surface area contributed by atoms with Crippen molar-refractivity contribution in [2.45, 2.75) is 13.8 Å². The summed E-state index contributed by atoms with van der Waals surface area (Å²) in [6, 6.07) is 43.8. The van der Waals surface area contributed by atoms with Crippen LogP contribution in [0.3, 0.4) is 0 Å². The smallest absolute Gasteiger partial charge is 0.144 e. The monoisotopic (exact) mass is 580 g/mol. The molecule has 36 heavy (non-hydrogen) atoms. The molecular formula is C30H30P2S4. The van der Waals surface area contributed by atoms with E-state index >= 15 is 0 Å². The highest BCUT2D eigenvalue weighted by Gasteiger charge is 2.47. The third-order valence-electron chi connectivity index (χ3n) is 6.35. The molecule has 0 spiro atoms. The zero-order valence-corrected chi connectivity index (χ0v) is 25.5. The summed E-state index contributed by atoms with van der Waals surface area (Å²) < 4.78 is 1.25. The minimum atomic E-state index is -1.91. The molecule has 0 fully saturated rings. The lowest BCUT2D eigenvalue weighted by molar-refractivity contribution is 1.42. The van der Waals surface area contributed by atoms with Crippen molar-refractivity contribution in [3.05, 3.63) is 121 Å². The Morgan fingerprint density at radius 3 is 0.861 bits per heavy atom. The first-order valence-electron chi connectivity index (χ1n) is 11.8. The molecule has 0 amide bonds. The van der Waals surface area contributed by atoms with Crippen LogP contribution in [0.4, 0.5) is 0 Å². The maximum absolute atomic E-state index is 5.01. The van der Waals surface area contributed by atoms with Crippen LogP contribution in [0.5, 0.6) is 0 Å². The van der Waals surface area contributed by atoms with Crippen LogP contribution < -0.4 is 21.2 Å². The van der Waals surface area contributed by atoms with Crippen LogP contribution in [0.2, 0.25) is 0 Å². The third-order valence-corrected chi connectivity index (χ3v) is 18.4. The van der Waals surface area contributed by atoms with Gasteiger partial charge in [-0.25, -0.2) is 0 Å². The largest absolute Gasteiger partial charge is 0.390 e. The number of benzene rings is 4. The van der Waals surface area contributed by atoms with Gasteiger partial charge >= 0.3 is 0 Å². The van der Waals surface area contributed by atoms with Gasteiger partial charge in [0.2, 0.25) is 0 Å². The fourth-order valence-electron chi connectivity index (χ4n) is 4.32. The van der Waals surface area contributed by atoms with Crippen molar-refractivity contribution in [3.63, 3.8) is 0 Å². The lowest BCUT2D eigenvalue weighted by atomic mass is 10.3. The molecule has 184 valence electrons. The summed E-state index contributed by atoms with van der Waals surface area (Å²) in [7, 11) is -3.41. The molecule has 0 nitrogen and oxygen atoms in total. The van der Waals surface area contributed by atoms with E-state index in [1.807, 2.05) is 0 Å². The van der Waals surface area contributed by atoms with Crippen LogP contribution in [-0.2, 0) is 25.3 Å². The van der Waals surface area contributed by atoms with Crippen molar-refractivity contribution in [2.24, 2.45) is 0 Å². The first kappa shape index (κ1) is 28.9. The van der Waals surface area contributed by atoms with E-state index in [4.69, 9.17) is 49.7 Å². The Kier molecular flexibility index (Phi) is 11.1. The maximum Gasteiger partial charge on any atom is 0.144 e. The molecule has 0 heterocycles. The van der Waals surface area contributed by atoms with Gasteiger partial charge in [-0.1, -0.05) is 72.8 Å². The summed E-state index contributed by atoms with van der Waals surface area (Å²) in [5, 5.41) is 5.55. The molecule has 0 aliphatic carbocycles. The average Bonchev–Trinajstić information content (AvgIpc) is 2.93. The van der Waals surface area contributed by atoms with Crippen LogP contribution in [-0.4, -0.2) is 20.2 Å². The van der Waals surface area contributed by atoms with Gasteiger partial charge in [-0.05, 0) is 62.4 Å². The molecule has 4 rings (SSSR count). The Labute approximate surface area is 239 Å². The molecule has 0 aliphatic rings. The van der Waals surface area contributed by atoms with Gasteiger partial charge in [0.15, 0.2) is 0 Å². The minimum Gasteiger partial charge on any atom is -0.390 e. The maximum atomic E-state index is 5.01. The van der Waals surface area contributed by atoms with Gasteiger partial charge in [0.25, 0.3) is 0 Å². The van der Waals surface area contributed by atoms with Gasteiger partial charge in [0.05, 0.1) is 12.3 Å². The van der Waals surface area contributed by atoms with E-state index in [1.165, 1.54) is 21.2 Å². The Hall–Kier alpha value is -1.64. The first-order chi connectivity index (χ1) is 17.4. The predicted octanol–water partition coefficient (Wildman–Crippen LogP) is 7.01. The summed E-state index contributed by atoms with van der Waals surface area (Å²) in [6.45, 7) is 4.13. The van der Waals surface area contributed by atoms with Crippen LogP contribution in [0.15, 0.2) is 121 Å². The molecule has 0 atom stereocenters. The Morgan fingerprint density at radius 1 is 0.500 bits per heavy atom. The van der Waals surface area contributed by atoms with Crippen molar-refractivity contribution >= 4 is 93.3 Å². The van der Waals surface area contributed by atoms with E-state index in [2.05, 4.69) is 135 Å². The third kappa shape index (κ3) is 6.08. The number of rotatable bonds is 8. The lowest BCUT2D eigenvalue weighted by Gasteiger charge is -2.30. The summed E-state index contributed by atoms with van der Waals surface area (Å²) in [5.74, 6) is 0. The molecule has 0 aliphatic heterocycles. The van der Waals surface area contributed by atoms with Gasteiger partial charge in [-0.2, -0.15) is 0 Å². The van der Waals surface area contributed by atoms with Crippen LogP contribution in [0.1, 0.15) is 13.8 Å². The van der Waals surface area contributed by atoms with E-state index < -0.39 is 14.5 Å². The van der Waals surface area contributed by atoms with Gasteiger partial charge < -0.3 is 49.7 Å². The van der Waals surface area contributed by atoms with Crippen LogP contribution in [0, 0.1) is 0 Å². The zero-order chi connectivity index (χ0) is 26.0. The summed E-state index contributed by atoms with van der Waals surface area (Å²) in [5.41, 5.74) is 0.